The van der Waals surface area contributed by atoms with Crippen molar-refractivity contribution in [1.82, 2.24) is 0 Å². The molecular weight excluding hydrogens is 247 g/mol. The molecule has 9 heteroatoms. The summed E-state index contributed by atoms with van der Waals surface area (Å²) < 4.78 is 8.94. The second-order valence-corrected chi connectivity index (χ2v) is 3.49. The van der Waals surface area contributed by atoms with Gasteiger partial charge in [0, 0.05) is 6.92 Å². The number of hydrogen-bond donors (Lipinski definition) is 5. The Balaban J connectivity index is 0. The van der Waals surface area contributed by atoms with Crippen molar-refractivity contribution >= 4 is 5.97 Å². The van der Waals surface area contributed by atoms with E-state index in [4.69, 9.17) is 5.11 Å². The van der Waals surface area contributed by atoms with Crippen molar-refractivity contribution in [1.29, 1.82) is 0 Å². The van der Waals surface area contributed by atoms with Gasteiger partial charge in [-0.2, -0.15) is 0 Å². The van der Waals surface area contributed by atoms with E-state index in [2.05, 4.69) is 9.47 Å². The van der Waals surface area contributed by atoms with Crippen molar-refractivity contribution in [2.45, 2.75) is 37.3 Å². The maximum atomic E-state index is 10.7. The fraction of sp³-hybridized carbons (Fsp3) is 0.875. The maximum absolute atomic E-state index is 10.7. The number of esters is 1. The molecule has 0 aromatic carbocycles. The first-order valence-electron chi connectivity index (χ1n) is 4.56. The van der Waals surface area contributed by atoms with E-state index in [1.54, 1.807) is 0 Å². The number of carbonyl (C=O) groups is 1. The molecule has 0 aliphatic carbocycles. The van der Waals surface area contributed by atoms with E-state index < -0.39 is 43.0 Å². The molecule has 1 aliphatic rings. The summed E-state index contributed by atoms with van der Waals surface area (Å²) >= 11 is 0. The number of ether oxygens (including phenoxy) is 2. The van der Waals surface area contributed by atoms with Crippen LogP contribution in [0.3, 0.4) is 0 Å². The summed E-state index contributed by atoms with van der Waals surface area (Å²) in [5.74, 6) is -3.74. The predicted molar refractivity (Wildman–Crippen MR) is 47.8 cm³/mol. The van der Waals surface area contributed by atoms with Crippen LogP contribution in [0.15, 0.2) is 0 Å². The van der Waals surface area contributed by atoms with Crippen LogP contribution < -0.4 is 29.6 Å². The van der Waals surface area contributed by atoms with E-state index in [1.165, 1.54) is 0 Å². The fourth-order valence-corrected chi connectivity index (χ4v) is 1.41. The Kier molecular flexibility index (Phi) is 6.50. The SMILES string of the molecule is CC(=O)O[C@@]1(O)O[C@H](CO)[C@@H](O)[C@H](O)[C@H]1O.[H-].[Na+]. The molecule has 8 nitrogen and oxygen atoms in total. The Morgan fingerprint density at radius 1 is 1.41 bits per heavy atom. The summed E-state index contributed by atoms with van der Waals surface area (Å²) in [4.78, 5) is 10.7. The molecular formula is C8H15NaO8. The molecule has 5 N–H and O–H groups in total. The molecule has 5 atom stereocenters. The van der Waals surface area contributed by atoms with Gasteiger partial charge in [0.2, 0.25) is 0 Å². The largest absolute Gasteiger partial charge is 1.00 e. The Morgan fingerprint density at radius 3 is 2.35 bits per heavy atom. The third-order valence-corrected chi connectivity index (χ3v) is 2.22. The van der Waals surface area contributed by atoms with Gasteiger partial charge in [0.1, 0.15) is 18.3 Å². The number of aliphatic hydroxyl groups excluding tert-OH is 4. The second-order valence-electron chi connectivity index (χ2n) is 3.49. The van der Waals surface area contributed by atoms with Gasteiger partial charge < -0.3 is 36.4 Å². The van der Waals surface area contributed by atoms with E-state index in [0.29, 0.717) is 0 Å². The molecule has 0 amide bonds. The Morgan fingerprint density at radius 2 is 1.94 bits per heavy atom. The average Bonchev–Trinajstić information content (AvgIpc) is 2.20. The Labute approximate surface area is 121 Å². The molecule has 1 saturated heterocycles. The summed E-state index contributed by atoms with van der Waals surface area (Å²) in [6.07, 6.45) is -6.82. The van der Waals surface area contributed by atoms with Crippen molar-refractivity contribution < 1.29 is 70.8 Å². The molecule has 1 fully saturated rings. The standard InChI is InChI=1S/C8H14O8.Na.H/c1-3(10)15-8(14)7(13)6(12)5(11)4(2-9)16-8;;/h4-7,9,11-14H,2H2,1H3;;/q;+1;-1/t4-,5-,6+,7-,8-;;/m1../s1. The van der Waals surface area contributed by atoms with Crippen LogP contribution in [0.25, 0.3) is 0 Å². The fourth-order valence-electron chi connectivity index (χ4n) is 1.41. The van der Waals surface area contributed by atoms with Gasteiger partial charge in [-0.3, -0.25) is 4.79 Å². The molecule has 1 heterocycles. The molecule has 0 bridgehead atoms. The van der Waals surface area contributed by atoms with Crippen molar-refractivity contribution in [3.63, 3.8) is 0 Å². The first kappa shape index (κ1) is 17.2. The molecule has 1 aliphatic heterocycles. The first-order chi connectivity index (χ1) is 7.31. The zero-order valence-electron chi connectivity index (χ0n) is 10.5. The monoisotopic (exact) mass is 262 g/mol. The summed E-state index contributed by atoms with van der Waals surface area (Å²) in [5.41, 5.74) is 0. The average molecular weight is 262 g/mol. The van der Waals surface area contributed by atoms with Gasteiger partial charge in [0.05, 0.1) is 6.61 Å². The van der Waals surface area contributed by atoms with Crippen molar-refractivity contribution in [3.05, 3.63) is 0 Å². The van der Waals surface area contributed by atoms with E-state index >= 15 is 0 Å². The summed E-state index contributed by atoms with van der Waals surface area (Å²) in [5, 5.41) is 46.5. The van der Waals surface area contributed by atoms with Gasteiger partial charge in [-0.15, -0.1) is 0 Å². The zero-order chi connectivity index (χ0) is 12.5. The summed E-state index contributed by atoms with van der Waals surface area (Å²) in [6, 6.07) is 0. The molecule has 0 radical (unpaired) electrons. The van der Waals surface area contributed by atoms with Crippen LogP contribution >= 0.6 is 0 Å². The van der Waals surface area contributed by atoms with Gasteiger partial charge in [-0.25, -0.2) is 0 Å². The molecule has 0 aromatic heterocycles. The maximum Gasteiger partial charge on any atom is 1.00 e. The van der Waals surface area contributed by atoms with Gasteiger partial charge in [-0.1, -0.05) is 0 Å². The minimum atomic E-state index is -2.78. The smallest absolute Gasteiger partial charge is 1.00 e. The third kappa shape index (κ3) is 3.60. The van der Waals surface area contributed by atoms with Crippen molar-refractivity contribution in [2.24, 2.45) is 0 Å². The first-order valence-corrected chi connectivity index (χ1v) is 4.56. The molecule has 96 valence electrons. The third-order valence-electron chi connectivity index (χ3n) is 2.22. The Bertz CT molecular complexity index is 278. The van der Waals surface area contributed by atoms with E-state index in [1.807, 2.05) is 0 Å². The van der Waals surface area contributed by atoms with Gasteiger partial charge in [-0.05, 0) is 0 Å². The Hall–Kier alpha value is 0.230. The van der Waals surface area contributed by atoms with E-state index in [0.717, 1.165) is 6.92 Å². The number of rotatable bonds is 2. The molecule has 17 heavy (non-hydrogen) atoms. The minimum absolute atomic E-state index is 0. The van der Waals surface area contributed by atoms with Crippen LogP contribution in [-0.4, -0.2) is 68.5 Å². The normalized spacial score (nSPS) is 41.5. The molecule has 0 aromatic rings. The van der Waals surface area contributed by atoms with Crippen LogP contribution in [0.1, 0.15) is 8.35 Å². The van der Waals surface area contributed by atoms with Gasteiger partial charge in [0.15, 0.2) is 6.10 Å². The molecule has 1 rings (SSSR count). The topological polar surface area (TPSA) is 137 Å². The minimum Gasteiger partial charge on any atom is -1.00 e. The zero-order valence-corrected chi connectivity index (χ0v) is 11.5. The quantitative estimate of drug-likeness (QED) is 0.188. The van der Waals surface area contributed by atoms with Crippen molar-refractivity contribution in [2.75, 3.05) is 6.61 Å². The van der Waals surface area contributed by atoms with Crippen LogP contribution in [0.2, 0.25) is 0 Å². The summed E-state index contributed by atoms with van der Waals surface area (Å²) in [6.45, 7) is 0.230. The van der Waals surface area contributed by atoms with Crippen LogP contribution in [-0.2, 0) is 14.3 Å². The number of aliphatic hydroxyl groups is 5. The van der Waals surface area contributed by atoms with Crippen LogP contribution in [0.5, 0.6) is 0 Å². The van der Waals surface area contributed by atoms with E-state index in [-0.39, 0.29) is 31.0 Å². The van der Waals surface area contributed by atoms with Crippen molar-refractivity contribution in [3.8, 4) is 0 Å². The molecule has 0 unspecified atom stereocenters. The summed E-state index contributed by atoms with van der Waals surface area (Å²) in [7, 11) is 0. The van der Waals surface area contributed by atoms with Gasteiger partial charge >= 0.3 is 41.5 Å². The number of hydrogen-bond acceptors (Lipinski definition) is 8. The second kappa shape index (κ2) is 6.41. The predicted octanol–water partition coefficient (Wildman–Crippen LogP) is -6.21. The van der Waals surface area contributed by atoms with Gasteiger partial charge in [0.25, 0.3) is 0 Å². The van der Waals surface area contributed by atoms with Crippen LogP contribution in [0, 0.1) is 0 Å². The molecule has 0 spiro atoms. The van der Waals surface area contributed by atoms with E-state index in [9.17, 15) is 25.2 Å². The molecule has 0 saturated carbocycles. The van der Waals surface area contributed by atoms with Crippen LogP contribution in [0.4, 0.5) is 0 Å². The number of carbonyl (C=O) groups excluding carboxylic acids is 1.